The molecule has 0 aliphatic heterocycles. The average Bonchev–Trinajstić information content (AvgIpc) is 2.66. The van der Waals surface area contributed by atoms with Crippen LogP contribution < -0.4 is 5.73 Å². The summed E-state index contributed by atoms with van der Waals surface area (Å²) in [5.41, 5.74) is 6.81. The average molecular weight is 241 g/mol. The number of halogens is 3. The van der Waals surface area contributed by atoms with Crippen molar-refractivity contribution in [2.45, 2.75) is 13.3 Å². The Kier molecular flexibility index (Phi) is 2.79. The van der Waals surface area contributed by atoms with Gasteiger partial charge in [0.2, 0.25) is 0 Å². The van der Waals surface area contributed by atoms with Crippen LogP contribution in [0, 0.1) is 17.5 Å². The molecule has 2 N–H and O–H groups in total. The van der Waals surface area contributed by atoms with E-state index in [0.717, 1.165) is 12.1 Å². The quantitative estimate of drug-likeness (QED) is 0.820. The first kappa shape index (κ1) is 11.5. The SMILES string of the molecule is CCc1c(N)cnn1-c1cc(F)c(F)c(F)c1. The Balaban J connectivity index is 2.61. The summed E-state index contributed by atoms with van der Waals surface area (Å²) in [6, 6.07) is 1.76. The summed E-state index contributed by atoms with van der Waals surface area (Å²) in [6.07, 6.45) is 1.93. The molecule has 0 aliphatic rings. The maximum Gasteiger partial charge on any atom is 0.194 e. The second-order valence-corrected chi connectivity index (χ2v) is 3.54. The maximum absolute atomic E-state index is 13.1. The van der Waals surface area contributed by atoms with Gasteiger partial charge in [-0.1, -0.05) is 6.92 Å². The molecule has 2 rings (SSSR count). The van der Waals surface area contributed by atoms with Crippen molar-refractivity contribution in [2.75, 3.05) is 5.73 Å². The Morgan fingerprint density at radius 3 is 2.35 bits per heavy atom. The predicted molar refractivity (Wildman–Crippen MR) is 57.2 cm³/mol. The third kappa shape index (κ3) is 1.86. The second-order valence-electron chi connectivity index (χ2n) is 3.54. The third-order valence-corrected chi connectivity index (χ3v) is 2.45. The van der Waals surface area contributed by atoms with E-state index in [2.05, 4.69) is 5.10 Å². The molecule has 1 heterocycles. The number of benzene rings is 1. The molecule has 6 heteroatoms. The van der Waals surface area contributed by atoms with Gasteiger partial charge in [-0.25, -0.2) is 17.9 Å². The molecule has 1 aromatic heterocycles. The normalized spacial score (nSPS) is 10.8. The summed E-state index contributed by atoms with van der Waals surface area (Å²) < 4.78 is 40.3. The molecule has 0 bridgehead atoms. The fraction of sp³-hybridized carbons (Fsp3) is 0.182. The zero-order valence-corrected chi connectivity index (χ0v) is 9.04. The Bertz CT molecular complexity index is 540. The molecule has 0 aliphatic carbocycles. The van der Waals surface area contributed by atoms with E-state index in [4.69, 9.17) is 5.73 Å². The van der Waals surface area contributed by atoms with Crippen LogP contribution in [0.2, 0.25) is 0 Å². The minimum atomic E-state index is -1.49. The van der Waals surface area contributed by atoms with Crippen LogP contribution in [0.3, 0.4) is 0 Å². The first-order valence-corrected chi connectivity index (χ1v) is 5.02. The van der Waals surface area contributed by atoms with Gasteiger partial charge in [-0.15, -0.1) is 0 Å². The molecule has 0 radical (unpaired) electrons. The van der Waals surface area contributed by atoms with E-state index in [9.17, 15) is 13.2 Å². The van der Waals surface area contributed by atoms with Gasteiger partial charge in [0, 0.05) is 12.1 Å². The van der Waals surface area contributed by atoms with Crippen molar-refractivity contribution in [1.29, 1.82) is 0 Å². The number of nitrogens with two attached hydrogens (primary N) is 1. The van der Waals surface area contributed by atoms with Gasteiger partial charge in [0.15, 0.2) is 17.5 Å². The van der Waals surface area contributed by atoms with Crippen LogP contribution in [0.5, 0.6) is 0 Å². The van der Waals surface area contributed by atoms with Crippen molar-refractivity contribution in [3.63, 3.8) is 0 Å². The van der Waals surface area contributed by atoms with Crippen LogP contribution in [-0.2, 0) is 6.42 Å². The highest BCUT2D eigenvalue weighted by Gasteiger charge is 2.14. The van der Waals surface area contributed by atoms with E-state index in [1.807, 2.05) is 6.92 Å². The lowest BCUT2D eigenvalue weighted by atomic mass is 10.2. The highest BCUT2D eigenvalue weighted by molar-refractivity contribution is 5.46. The van der Waals surface area contributed by atoms with Crippen LogP contribution in [0.4, 0.5) is 18.9 Å². The van der Waals surface area contributed by atoms with Crippen LogP contribution in [-0.4, -0.2) is 9.78 Å². The van der Waals surface area contributed by atoms with Crippen LogP contribution in [0.15, 0.2) is 18.3 Å². The van der Waals surface area contributed by atoms with Crippen LogP contribution in [0.1, 0.15) is 12.6 Å². The van der Waals surface area contributed by atoms with Gasteiger partial charge in [-0.05, 0) is 6.42 Å². The highest BCUT2D eigenvalue weighted by Crippen LogP contribution is 2.20. The molecule has 2 aromatic rings. The molecule has 3 nitrogen and oxygen atoms in total. The molecule has 1 aromatic carbocycles. The Hall–Kier alpha value is -1.98. The summed E-state index contributed by atoms with van der Waals surface area (Å²) in [5.74, 6) is -4.00. The van der Waals surface area contributed by atoms with Gasteiger partial charge >= 0.3 is 0 Å². The maximum atomic E-state index is 13.1. The van der Waals surface area contributed by atoms with E-state index < -0.39 is 17.5 Å². The Morgan fingerprint density at radius 1 is 1.24 bits per heavy atom. The first-order chi connectivity index (χ1) is 8.04. The van der Waals surface area contributed by atoms with E-state index in [1.165, 1.54) is 10.9 Å². The minimum absolute atomic E-state index is 0.106. The summed E-state index contributed by atoms with van der Waals surface area (Å²) in [7, 11) is 0. The molecule has 0 amide bonds. The fourth-order valence-electron chi connectivity index (χ4n) is 1.63. The van der Waals surface area contributed by atoms with Gasteiger partial charge < -0.3 is 5.73 Å². The minimum Gasteiger partial charge on any atom is -0.396 e. The Labute approximate surface area is 95.7 Å². The summed E-state index contributed by atoms with van der Waals surface area (Å²) in [6.45, 7) is 1.83. The molecule has 0 fully saturated rings. The number of nitrogen functional groups attached to an aromatic ring is 1. The second kappa shape index (κ2) is 4.12. The molecule has 0 atom stereocenters. The van der Waals surface area contributed by atoms with Gasteiger partial charge in [0.1, 0.15) is 0 Å². The van der Waals surface area contributed by atoms with Gasteiger partial charge in [0.05, 0.1) is 23.3 Å². The molecule has 0 saturated heterocycles. The van der Waals surface area contributed by atoms with Gasteiger partial charge in [-0.3, -0.25) is 0 Å². The molecular formula is C11H10F3N3. The van der Waals surface area contributed by atoms with E-state index >= 15 is 0 Å². The first-order valence-electron chi connectivity index (χ1n) is 5.02. The number of rotatable bonds is 2. The summed E-state index contributed by atoms with van der Waals surface area (Å²) in [4.78, 5) is 0. The predicted octanol–water partition coefficient (Wildman–Crippen LogP) is 2.43. The third-order valence-electron chi connectivity index (χ3n) is 2.45. The molecule has 90 valence electrons. The lowest BCUT2D eigenvalue weighted by molar-refractivity contribution is 0.445. The fourth-order valence-corrected chi connectivity index (χ4v) is 1.63. The standard InChI is InChI=1S/C11H10F3N3/c1-2-10-9(15)5-16-17(10)6-3-7(12)11(14)8(13)4-6/h3-5H,2,15H2,1H3. The lowest BCUT2D eigenvalue weighted by Crippen LogP contribution is -2.05. The van der Waals surface area contributed by atoms with Crippen molar-refractivity contribution >= 4 is 5.69 Å². The number of nitrogens with zero attached hydrogens (tertiary/aromatic N) is 2. The molecule has 0 unspecified atom stereocenters. The van der Waals surface area contributed by atoms with Crippen molar-refractivity contribution in [3.8, 4) is 5.69 Å². The monoisotopic (exact) mass is 241 g/mol. The topological polar surface area (TPSA) is 43.8 Å². The zero-order chi connectivity index (χ0) is 12.6. The number of hydrogen-bond acceptors (Lipinski definition) is 2. The van der Waals surface area contributed by atoms with Crippen LogP contribution >= 0.6 is 0 Å². The molecule has 0 saturated carbocycles. The number of aromatic nitrogens is 2. The van der Waals surface area contributed by atoms with Crippen molar-refractivity contribution in [1.82, 2.24) is 9.78 Å². The van der Waals surface area contributed by atoms with E-state index in [-0.39, 0.29) is 5.69 Å². The molecular weight excluding hydrogens is 231 g/mol. The molecule has 17 heavy (non-hydrogen) atoms. The van der Waals surface area contributed by atoms with Crippen molar-refractivity contribution in [3.05, 3.63) is 41.5 Å². The van der Waals surface area contributed by atoms with Gasteiger partial charge in [-0.2, -0.15) is 5.10 Å². The largest absolute Gasteiger partial charge is 0.396 e. The smallest absolute Gasteiger partial charge is 0.194 e. The lowest BCUT2D eigenvalue weighted by Gasteiger charge is -2.07. The van der Waals surface area contributed by atoms with Crippen molar-refractivity contribution in [2.24, 2.45) is 0 Å². The van der Waals surface area contributed by atoms with E-state index in [0.29, 0.717) is 17.8 Å². The zero-order valence-electron chi connectivity index (χ0n) is 9.04. The summed E-state index contributed by atoms with van der Waals surface area (Å²) in [5, 5.41) is 3.90. The van der Waals surface area contributed by atoms with Crippen LogP contribution in [0.25, 0.3) is 5.69 Å². The van der Waals surface area contributed by atoms with Gasteiger partial charge in [0.25, 0.3) is 0 Å². The summed E-state index contributed by atoms with van der Waals surface area (Å²) >= 11 is 0. The van der Waals surface area contributed by atoms with E-state index in [1.54, 1.807) is 0 Å². The number of anilines is 1. The number of hydrogen-bond donors (Lipinski definition) is 1. The van der Waals surface area contributed by atoms with Crippen molar-refractivity contribution < 1.29 is 13.2 Å². The Morgan fingerprint density at radius 2 is 1.82 bits per heavy atom. The molecule has 0 spiro atoms. The highest BCUT2D eigenvalue weighted by atomic mass is 19.2.